The SMILES string of the molecule is C1CCC2(C1)CCC1CCC3(CCCC3)C12. The van der Waals surface area contributed by atoms with E-state index < -0.39 is 0 Å². The molecule has 4 rings (SSSR count). The van der Waals surface area contributed by atoms with E-state index in [0.717, 1.165) is 16.7 Å². The van der Waals surface area contributed by atoms with Crippen molar-refractivity contribution >= 4 is 0 Å². The highest BCUT2D eigenvalue weighted by atomic mass is 14.7. The lowest BCUT2D eigenvalue weighted by Gasteiger charge is -2.42. The van der Waals surface area contributed by atoms with E-state index in [1.165, 1.54) is 5.92 Å². The van der Waals surface area contributed by atoms with Crippen molar-refractivity contribution in [3.8, 4) is 0 Å². The van der Waals surface area contributed by atoms with Gasteiger partial charge in [-0.15, -0.1) is 0 Å². The third-order valence-corrected chi connectivity index (χ3v) is 7.02. The van der Waals surface area contributed by atoms with Crippen molar-refractivity contribution in [3.05, 3.63) is 0 Å². The lowest BCUT2D eigenvalue weighted by Crippen LogP contribution is -2.35. The molecule has 0 N–H and O–H groups in total. The predicted octanol–water partition coefficient (Wildman–Crippen LogP) is 4.93. The maximum absolute atomic E-state index is 1.62. The summed E-state index contributed by atoms with van der Waals surface area (Å²) in [7, 11) is 0. The Hall–Kier alpha value is 0. The molecule has 4 saturated carbocycles. The highest BCUT2D eigenvalue weighted by Gasteiger charge is 2.61. The van der Waals surface area contributed by atoms with Crippen molar-refractivity contribution in [1.29, 1.82) is 0 Å². The summed E-state index contributed by atoms with van der Waals surface area (Å²) in [6, 6.07) is 0. The van der Waals surface area contributed by atoms with Crippen LogP contribution in [0.15, 0.2) is 0 Å². The largest absolute Gasteiger partial charge is 0.0527 e. The second-order valence-electron chi connectivity index (χ2n) is 7.45. The summed E-state index contributed by atoms with van der Waals surface area (Å²) >= 11 is 0. The third-order valence-electron chi connectivity index (χ3n) is 7.02. The molecule has 0 atom stereocenters. The van der Waals surface area contributed by atoms with E-state index in [2.05, 4.69) is 0 Å². The van der Waals surface area contributed by atoms with Crippen molar-refractivity contribution in [3.63, 3.8) is 0 Å². The van der Waals surface area contributed by atoms with Gasteiger partial charge in [-0.1, -0.05) is 25.7 Å². The summed E-state index contributed by atoms with van der Waals surface area (Å²) in [5.41, 5.74) is 1.73. The molecule has 2 spiro atoms. The van der Waals surface area contributed by atoms with Crippen LogP contribution in [0.25, 0.3) is 0 Å². The monoisotopic (exact) mass is 218 g/mol. The average Bonchev–Trinajstić information content (AvgIpc) is 3.03. The zero-order valence-electron chi connectivity index (χ0n) is 10.6. The van der Waals surface area contributed by atoms with E-state index in [9.17, 15) is 0 Å². The molecule has 0 aliphatic heterocycles. The molecule has 4 aliphatic carbocycles. The van der Waals surface area contributed by atoms with Crippen LogP contribution in [0.5, 0.6) is 0 Å². The van der Waals surface area contributed by atoms with Crippen LogP contribution in [0.3, 0.4) is 0 Å². The Morgan fingerprint density at radius 3 is 1.44 bits per heavy atom. The fourth-order valence-corrected chi connectivity index (χ4v) is 6.66. The van der Waals surface area contributed by atoms with Gasteiger partial charge in [-0.25, -0.2) is 0 Å². The quantitative estimate of drug-likeness (QED) is 0.541. The van der Waals surface area contributed by atoms with E-state index in [1.807, 2.05) is 0 Å². The van der Waals surface area contributed by atoms with Crippen LogP contribution >= 0.6 is 0 Å². The predicted molar refractivity (Wildman–Crippen MR) is 67.3 cm³/mol. The first-order valence-electron chi connectivity index (χ1n) is 7.85. The molecule has 0 aromatic carbocycles. The van der Waals surface area contributed by atoms with Gasteiger partial charge in [0.2, 0.25) is 0 Å². The van der Waals surface area contributed by atoms with Gasteiger partial charge in [-0.3, -0.25) is 0 Å². The molecule has 0 aromatic heterocycles. The Morgan fingerprint density at radius 1 is 0.562 bits per heavy atom. The first-order valence-corrected chi connectivity index (χ1v) is 7.85. The van der Waals surface area contributed by atoms with Gasteiger partial charge in [-0.2, -0.15) is 0 Å². The molecule has 0 unspecified atom stereocenters. The fourth-order valence-electron chi connectivity index (χ4n) is 6.66. The standard InChI is InChI=1S/C16H26/c1-2-8-15(7-1)11-5-13-6-12-16(14(13)15)9-3-4-10-16/h13-14H,1-12H2. The second kappa shape index (κ2) is 3.27. The van der Waals surface area contributed by atoms with Gasteiger partial charge in [0.15, 0.2) is 0 Å². The molecule has 0 bridgehead atoms. The van der Waals surface area contributed by atoms with Crippen molar-refractivity contribution in [2.45, 2.75) is 77.0 Å². The van der Waals surface area contributed by atoms with Gasteiger partial charge in [0.05, 0.1) is 0 Å². The molecule has 0 saturated heterocycles. The molecular formula is C16H26. The Morgan fingerprint density at radius 2 is 1.00 bits per heavy atom. The first kappa shape index (κ1) is 9.97. The summed E-state index contributed by atoms with van der Waals surface area (Å²) in [5, 5.41) is 0. The van der Waals surface area contributed by atoms with E-state index in [1.54, 1.807) is 77.0 Å². The fraction of sp³-hybridized carbons (Fsp3) is 1.00. The van der Waals surface area contributed by atoms with Crippen LogP contribution < -0.4 is 0 Å². The smallest absolute Gasteiger partial charge is 0.0261 e. The zero-order chi connectivity index (χ0) is 10.6. The molecule has 4 aliphatic rings. The molecule has 0 amide bonds. The van der Waals surface area contributed by atoms with Gasteiger partial charge >= 0.3 is 0 Å². The maximum atomic E-state index is 1.62. The minimum atomic E-state index is 0.867. The van der Waals surface area contributed by atoms with Gasteiger partial charge < -0.3 is 0 Å². The van der Waals surface area contributed by atoms with Crippen LogP contribution in [-0.2, 0) is 0 Å². The van der Waals surface area contributed by atoms with E-state index in [4.69, 9.17) is 0 Å². The minimum Gasteiger partial charge on any atom is -0.0527 e. The third kappa shape index (κ3) is 1.12. The topological polar surface area (TPSA) is 0 Å². The molecule has 0 aromatic rings. The summed E-state index contributed by atoms with van der Waals surface area (Å²) in [6.45, 7) is 0. The van der Waals surface area contributed by atoms with E-state index >= 15 is 0 Å². The van der Waals surface area contributed by atoms with E-state index in [0.29, 0.717) is 0 Å². The Balaban J connectivity index is 1.72. The van der Waals surface area contributed by atoms with Crippen LogP contribution in [0.2, 0.25) is 0 Å². The number of fused-ring (bicyclic) bond motifs is 3. The van der Waals surface area contributed by atoms with E-state index in [-0.39, 0.29) is 0 Å². The zero-order valence-corrected chi connectivity index (χ0v) is 10.6. The molecular weight excluding hydrogens is 192 g/mol. The molecule has 90 valence electrons. The number of hydrogen-bond acceptors (Lipinski definition) is 0. The molecule has 0 heteroatoms. The lowest BCUT2D eigenvalue weighted by molar-refractivity contribution is 0.0656. The van der Waals surface area contributed by atoms with Gasteiger partial charge in [0.25, 0.3) is 0 Å². The first-order chi connectivity index (χ1) is 7.85. The highest BCUT2D eigenvalue weighted by Crippen LogP contribution is 2.70. The van der Waals surface area contributed by atoms with Crippen molar-refractivity contribution in [2.24, 2.45) is 22.7 Å². The van der Waals surface area contributed by atoms with Crippen molar-refractivity contribution in [2.75, 3.05) is 0 Å². The van der Waals surface area contributed by atoms with Crippen LogP contribution in [-0.4, -0.2) is 0 Å². The highest BCUT2D eigenvalue weighted by molar-refractivity contribution is 5.11. The molecule has 0 heterocycles. The molecule has 0 nitrogen and oxygen atoms in total. The summed E-state index contributed by atoms with van der Waals surface area (Å²) in [5.74, 6) is 2.35. The molecule has 4 fully saturated rings. The number of rotatable bonds is 0. The average molecular weight is 218 g/mol. The van der Waals surface area contributed by atoms with Crippen LogP contribution in [0.1, 0.15) is 77.0 Å². The van der Waals surface area contributed by atoms with Crippen LogP contribution in [0.4, 0.5) is 0 Å². The summed E-state index contributed by atoms with van der Waals surface area (Å²) in [6.07, 6.45) is 19.1. The van der Waals surface area contributed by atoms with Crippen molar-refractivity contribution in [1.82, 2.24) is 0 Å². The Kier molecular flexibility index (Phi) is 2.04. The Bertz CT molecular complexity index is 250. The Labute approximate surface area is 100 Å². The lowest BCUT2D eigenvalue weighted by atomic mass is 9.62. The minimum absolute atomic E-state index is 0.867. The number of hydrogen-bond donors (Lipinski definition) is 0. The van der Waals surface area contributed by atoms with Gasteiger partial charge in [0, 0.05) is 0 Å². The van der Waals surface area contributed by atoms with Crippen LogP contribution in [0, 0.1) is 22.7 Å². The summed E-state index contributed by atoms with van der Waals surface area (Å²) < 4.78 is 0. The molecule has 16 heavy (non-hydrogen) atoms. The van der Waals surface area contributed by atoms with Gasteiger partial charge in [0.1, 0.15) is 0 Å². The summed E-state index contributed by atoms with van der Waals surface area (Å²) in [4.78, 5) is 0. The molecule has 0 radical (unpaired) electrons. The van der Waals surface area contributed by atoms with Gasteiger partial charge in [-0.05, 0) is 74.0 Å². The second-order valence-corrected chi connectivity index (χ2v) is 7.45. The van der Waals surface area contributed by atoms with Crippen molar-refractivity contribution < 1.29 is 0 Å². The maximum Gasteiger partial charge on any atom is -0.0261 e. The normalized spacial score (nSPS) is 43.5.